The highest BCUT2D eigenvalue weighted by Gasteiger charge is 2.11. The molecule has 2 rings (SSSR count). The zero-order valence-electron chi connectivity index (χ0n) is 11.6. The Morgan fingerprint density at radius 2 is 2.29 bits per heavy atom. The van der Waals surface area contributed by atoms with Crippen LogP contribution in [-0.2, 0) is 0 Å². The maximum absolute atomic E-state index is 9.30. The highest BCUT2D eigenvalue weighted by atomic mass is 35.5. The molecule has 1 heterocycles. The molecule has 1 aromatic heterocycles. The Hall–Kier alpha value is -1.48. The minimum Gasteiger partial charge on any atom is -0.396 e. The van der Waals surface area contributed by atoms with E-state index in [1.54, 1.807) is 36.0 Å². The molecule has 0 spiro atoms. The number of nitriles is 1. The van der Waals surface area contributed by atoms with Gasteiger partial charge in [0.1, 0.15) is 5.82 Å². The molecule has 1 atom stereocenters. The Balaban J connectivity index is 2.37. The second kappa shape index (κ2) is 7.51. The predicted octanol–water partition coefficient (Wildman–Crippen LogP) is 3.29. The number of aromatic nitrogens is 1. The summed E-state index contributed by atoms with van der Waals surface area (Å²) in [6, 6.07) is 9.34. The third-order valence-electron chi connectivity index (χ3n) is 3.09. The van der Waals surface area contributed by atoms with Gasteiger partial charge in [-0.25, -0.2) is 4.98 Å². The molecule has 1 unspecified atom stereocenters. The lowest BCUT2D eigenvalue weighted by atomic mass is 10.1. The molecule has 0 aliphatic carbocycles. The molecule has 6 heteroatoms. The van der Waals surface area contributed by atoms with Gasteiger partial charge in [0.15, 0.2) is 0 Å². The third kappa shape index (κ3) is 4.01. The van der Waals surface area contributed by atoms with Gasteiger partial charge in [-0.1, -0.05) is 11.6 Å². The van der Waals surface area contributed by atoms with E-state index in [0.29, 0.717) is 22.8 Å². The van der Waals surface area contributed by atoms with E-state index < -0.39 is 0 Å². The van der Waals surface area contributed by atoms with E-state index >= 15 is 0 Å². The number of benzene rings is 1. The van der Waals surface area contributed by atoms with Gasteiger partial charge in [0.2, 0.25) is 0 Å². The lowest BCUT2D eigenvalue weighted by molar-refractivity contribution is 0.282. The van der Waals surface area contributed by atoms with E-state index in [2.05, 4.69) is 16.4 Å². The minimum absolute atomic E-state index is 0.118. The summed E-state index contributed by atoms with van der Waals surface area (Å²) in [7, 11) is 0. The normalized spacial score (nSPS) is 12.1. The van der Waals surface area contributed by atoms with E-state index in [9.17, 15) is 5.26 Å². The van der Waals surface area contributed by atoms with Crippen LogP contribution in [0.3, 0.4) is 0 Å². The predicted molar refractivity (Wildman–Crippen MR) is 89.0 cm³/mol. The zero-order valence-corrected chi connectivity index (χ0v) is 13.2. The summed E-state index contributed by atoms with van der Waals surface area (Å²) in [4.78, 5) is 4.52. The van der Waals surface area contributed by atoms with Crippen molar-refractivity contribution >= 4 is 40.1 Å². The molecule has 0 aliphatic rings. The van der Waals surface area contributed by atoms with Gasteiger partial charge in [-0.3, -0.25) is 0 Å². The number of nitrogens with one attached hydrogen (secondary N) is 1. The first-order valence-electron chi connectivity index (χ1n) is 6.54. The molecule has 0 saturated carbocycles. The standard InChI is InChI=1S/C15H16ClN3OS/c1-21-9-12(4-5-20)18-15-6-10(8-17)13-7-11(16)2-3-14(13)19-15/h2-3,6-7,12,20H,4-5,9H2,1H3,(H,18,19). The van der Waals surface area contributed by atoms with Gasteiger partial charge in [-0.15, -0.1) is 0 Å². The molecule has 0 fully saturated rings. The zero-order chi connectivity index (χ0) is 15.2. The first-order valence-corrected chi connectivity index (χ1v) is 8.32. The number of anilines is 1. The van der Waals surface area contributed by atoms with Gasteiger partial charge in [0.25, 0.3) is 0 Å². The second-order valence-corrected chi connectivity index (χ2v) is 5.98. The van der Waals surface area contributed by atoms with Crippen molar-refractivity contribution < 1.29 is 5.11 Å². The average molecular weight is 322 g/mol. The Morgan fingerprint density at radius 1 is 1.48 bits per heavy atom. The van der Waals surface area contributed by atoms with Crippen LogP contribution in [0.4, 0.5) is 5.82 Å². The van der Waals surface area contributed by atoms with Gasteiger partial charge in [-0.05, 0) is 36.9 Å². The maximum Gasteiger partial charge on any atom is 0.128 e. The number of nitrogens with zero attached hydrogens (tertiary/aromatic N) is 2. The fraction of sp³-hybridized carbons (Fsp3) is 0.333. The molecular formula is C15H16ClN3OS. The molecule has 0 saturated heterocycles. The molecule has 0 amide bonds. The summed E-state index contributed by atoms with van der Waals surface area (Å²) in [6.07, 6.45) is 2.66. The number of aliphatic hydroxyl groups excluding tert-OH is 1. The van der Waals surface area contributed by atoms with Crippen molar-refractivity contribution in [3.63, 3.8) is 0 Å². The molecular weight excluding hydrogens is 306 g/mol. The summed E-state index contributed by atoms with van der Waals surface area (Å²) in [5.74, 6) is 1.51. The summed E-state index contributed by atoms with van der Waals surface area (Å²) >= 11 is 7.67. The molecule has 0 bridgehead atoms. The number of aliphatic hydroxyl groups is 1. The van der Waals surface area contributed by atoms with Gasteiger partial charge in [0.05, 0.1) is 17.1 Å². The smallest absolute Gasteiger partial charge is 0.128 e. The number of fused-ring (bicyclic) bond motifs is 1. The highest BCUT2D eigenvalue weighted by Crippen LogP contribution is 2.24. The van der Waals surface area contributed by atoms with Crippen molar-refractivity contribution in [1.82, 2.24) is 4.98 Å². The van der Waals surface area contributed by atoms with Crippen LogP contribution in [0, 0.1) is 11.3 Å². The topological polar surface area (TPSA) is 68.9 Å². The maximum atomic E-state index is 9.30. The van der Waals surface area contributed by atoms with Crippen LogP contribution >= 0.6 is 23.4 Å². The summed E-state index contributed by atoms with van der Waals surface area (Å²) in [5.41, 5.74) is 1.27. The average Bonchev–Trinajstić information content (AvgIpc) is 2.47. The molecule has 21 heavy (non-hydrogen) atoms. The highest BCUT2D eigenvalue weighted by molar-refractivity contribution is 7.98. The summed E-state index contributed by atoms with van der Waals surface area (Å²) in [5, 5.41) is 23.0. The van der Waals surface area contributed by atoms with E-state index in [-0.39, 0.29) is 12.6 Å². The number of hydrogen-bond donors (Lipinski definition) is 2. The lowest BCUT2D eigenvalue weighted by Gasteiger charge is -2.18. The van der Waals surface area contributed by atoms with Crippen LogP contribution in [0.15, 0.2) is 24.3 Å². The molecule has 2 N–H and O–H groups in total. The molecule has 0 aliphatic heterocycles. The third-order valence-corrected chi connectivity index (χ3v) is 4.06. The molecule has 1 aromatic carbocycles. The first-order chi connectivity index (χ1) is 10.2. The molecule has 110 valence electrons. The Bertz CT molecular complexity index is 666. The quantitative estimate of drug-likeness (QED) is 0.854. The Kier molecular flexibility index (Phi) is 5.68. The van der Waals surface area contributed by atoms with Crippen LogP contribution in [0.2, 0.25) is 5.02 Å². The second-order valence-electron chi connectivity index (χ2n) is 4.64. The van der Waals surface area contributed by atoms with Gasteiger partial charge < -0.3 is 10.4 Å². The summed E-state index contributed by atoms with van der Waals surface area (Å²) < 4.78 is 0. The van der Waals surface area contributed by atoms with Gasteiger partial charge in [0, 0.05) is 28.8 Å². The SMILES string of the molecule is CSCC(CCO)Nc1cc(C#N)c2cc(Cl)ccc2n1. The van der Waals surface area contributed by atoms with Crippen molar-refractivity contribution in [3.05, 3.63) is 34.9 Å². The fourth-order valence-electron chi connectivity index (χ4n) is 2.13. The van der Waals surface area contributed by atoms with Crippen molar-refractivity contribution in [2.24, 2.45) is 0 Å². The van der Waals surface area contributed by atoms with E-state index in [4.69, 9.17) is 16.7 Å². The van der Waals surface area contributed by atoms with Crippen molar-refractivity contribution in [1.29, 1.82) is 5.26 Å². The van der Waals surface area contributed by atoms with Crippen LogP contribution in [0.25, 0.3) is 10.9 Å². The van der Waals surface area contributed by atoms with E-state index in [0.717, 1.165) is 16.7 Å². The van der Waals surface area contributed by atoms with E-state index in [1.807, 2.05) is 6.26 Å². The lowest BCUT2D eigenvalue weighted by Crippen LogP contribution is -2.24. The first kappa shape index (κ1) is 15.9. The Labute approximate surface area is 133 Å². The monoisotopic (exact) mass is 321 g/mol. The molecule has 2 aromatic rings. The number of pyridine rings is 1. The number of hydrogen-bond acceptors (Lipinski definition) is 5. The van der Waals surface area contributed by atoms with Crippen LogP contribution in [-0.4, -0.2) is 34.7 Å². The van der Waals surface area contributed by atoms with Crippen molar-refractivity contribution in [2.75, 3.05) is 23.9 Å². The minimum atomic E-state index is 0.118. The van der Waals surface area contributed by atoms with Crippen molar-refractivity contribution in [3.8, 4) is 6.07 Å². The van der Waals surface area contributed by atoms with Crippen LogP contribution in [0.1, 0.15) is 12.0 Å². The van der Waals surface area contributed by atoms with Crippen molar-refractivity contribution in [2.45, 2.75) is 12.5 Å². The van der Waals surface area contributed by atoms with Gasteiger partial charge in [-0.2, -0.15) is 17.0 Å². The van der Waals surface area contributed by atoms with Gasteiger partial charge >= 0.3 is 0 Å². The van der Waals surface area contributed by atoms with Crippen LogP contribution in [0.5, 0.6) is 0 Å². The molecule has 4 nitrogen and oxygen atoms in total. The summed E-state index contributed by atoms with van der Waals surface area (Å²) in [6.45, 7) is 0.118. The number of halogens is 1. The number of rotatable bonds is 6. The van der Waals surface area contributed by atoms with E-state index in [1.165, 1.54) is 0 Å². The fourth-order valence-corrected chi connectivity index (χ4v) is 2.95. The molecule has 0 radical (unpaired) electrons. The number of thioether (sulfide) groups is 1. The van der Waals surface area contributed by atoms with Crippen LogP contribution < -0.4 is 5.32 Å². The Morgan fingerprint density at radius 3 is 2.95 bits per heavy atom. The largest absolute Gasteiger partial charge is 0.396 e.